The number of rotatable bonds is 5. The highest BCUT2D eigenvalue weighted by molar-refractivity contribution is 5.92. The Hall–Kier alpha value is -2.33. The van der Waals surface area contributed by atoms with Crippen LogP contribution >= 0.6 is 0 Å². The smallest absolute Gasteiger partial charge is 0.248 e. The van der Waals surface area contributed by atoms with E-state index in [0.29, 0.717) is 11.6 Å². The Morgan fingerprint density at radius 3 is 2.74 bits per heavy atom. The topological polar surface area (TPSA) is 55.6 Å². The molecule has 120 valence electrons. The average Bonchev–Trinajstić information content (AvgIpc) is 3.03. The van der Waals surface area contributed by atoms with Gasteiger partial charge in [-0.2, -0.15) is 0 Å². The van der Waals surface area contributed by atoms with Crippen LogP contribution in [0.15, 0.2) is 48.5 Å². The number of carbonyl (C=O) groups excluding carboxylic acids is 1. The first kappa shape index (κ1) is 15.6. The molecule has 1 atom stereocenters. The highest BCUT2D eigenvalue weighted by Crippen LogP contribution is 2.34. The molecule has 23 heavy (non-hydrogen) atoms. The van der Waals surface area contributed by atoms with Crippen LogP contribution in [0.25, 0.3) is 0 Å². The highest BCUT2D eigenvalue weighted by Gasteiger charge is 2.26. The Balaban J connectivity index is 1.74. The van der Waals surface area contributed by atoms with E-state index in [4.69, 9.17) is 10.5 Å². The lowest BCUT2D eigenvalue weighted by atomic mass is 10.0. The van der Waals surface area contributed by atoms with E-state index < -0.39 is 0 Å². The molecule has 3 rings (SSSR count). The molecule has 0 unspecified atom stereocenters. The fourth-order valence-electron chi connectivity index (χ4n) is 3.25. The Kier molecular flexibility index (Phi) is 4.63. The van der Waals surface area contributed by atoms with Gasteiger partial charge in [-0.25, -0.2) is 0 Å². The molecule has 0 bridgehead atoms. The maximum absolute atomic E-state index is 11.2. The lowest BCUT2D eigenvalue weighted by molar-refractivity contribution is 0.100. The molecule has 1 aliphatic rings. The molecule has 4 nitrogen and oxygen atoms in total. The van der Waals surface area contributed by atoms with Crippen molar-refractivity contribution in [3.05, 3.63) is 65.2 Å². The van der Waals surface area contributed by atoms with Gasteiger partial charge in [0, 0.05) is 18.2 Å². The molecule has 0 spiro atoms. The molecule has 2 N–H and O–H groups in total. The lowest BCUT2D eigenvalue weighted by Crippen LogP contribution is -2.22. The van der Waals surface area contributed by atoms with Crippen molar-refractivity contribution >= 4 is 5.91 Å². The van der Waals surface area contributed by atoms with Crippen molar-refractivity contribution in [2.45, 2.75) is 25.4 Å². The third-order valence-electron chi connectivity index (χ3n) is 4.47. The maximum atomic E-state index is 11.2. The van der Waals surface area contributed by atoms with Gasteiger partial charge in [0.25, 0.3) is 0 Å². The number of methoxy groups -OCH3 is 1. The number of nitrogens with two attached hydrogens (primary N) is 1. The first-order valence-corrected chi connectivity index (χ1v) is 7.94. The average molecular weight is 310 g/mol. The molecular weight excluding hydrogens is 288 g/mol. The molecular formula is C19H22N2O2. The van der Waals surface area contributed by atoms with Crippen molar-refractivity contribution in [1.82, 2.24) is 4.90 Å². The van der Waals surface area contributed by atoms with Crippen LogP contribution in [0.2, 0.25) is 0 Å². The monoisotopic (exact) mass is 310 g/mol. The van der Waals surface area contributed by atoms with E-state index in [2.05, 4.69) is 17.0 Å². The summed E-state index contributed by atoms with van der Waals surface area (Å²) in [4.78, 5) is 13.6. The third-order valence-corrected chi connectivity index (χ3v) is 4.47. The summed E-state index contributed by atoms with van der Waals surface area (Å²) < 4.78 is 5.34. The van der Waals surface area contributed by atoms with Crippen LogP contribution in [0.5, 0.6) is 5.75 Å². The van der Waals surface area contributed by atoms with E-state index in [1.807, 2.05) is 24.3 Å². The predicted molar refractivity (Wildman–Crippen MR) is 90.3 cm³/mol. The fraction of sp³-hybridized carbons (Fsp3) is 0.316. The van der Waals surface area contributed by atoms with Crippen molar-refractivity contribution in [1.29, 1.82) is 0 Å². The zero-order valence-electron chi connectivity index (χ0n) is 13.4. The van der Waals surface area contributed by atoms with Crippen LogP contribution in [-0.2, 0) is 6.54 Å². The predicted octanol–water partition coefficient (Wildman–Crippen LogP) is 3.13. The number of ether oxygens (including phenoxy) is 1. The van der Waals surface area contributed by atoms with Gasteiger partial charge in [-0.3, -0.25) is 9.69 Å². The van der Waals surface area contributed by atoms with Crippen LogP contribution in [0.3, 0.4) is 0 Å². The van der Waals surface area contributed by atoms with Gasteiger partial charge in [0.2, 0.25) is 5.91 Å². The number of carbonyl (C=O) groups is 1. The van der Waals surface area contributed by atoms with Crippen LogP contribution in [0, 0.1) is 0 Å². The molecule has 0 aromatic heterocycles. The summed E-state index contributed by atoms with van der Waals surface area (Å²) in [5.41, 5.74) is 8.35. The van der Waals surface area contributed by atoms with Crippen molar-refractivity contribution in [3.8, 4) is 5.75 Å². The fourth-order valence-corrected chi connectivity index (χ4v) is 3.25. The van der Waals surface area contributed by atoms with E-state index in [9.17, 15) is 4.79 Å². The number of hydrogen-bond acceptors (Lipinski definition) is 3. The normalized spacial score (nSPS) is 18.0. The Morgan fingerprint density at radius 2 is 2.04 bits per heavy atom. The molecule has 1 heterocycles. The summed E-state index contributed by atoms with van der Waals surface area (Å²) in [6.07, 6.45) is 2.35. The second kappa shape index (κ2) is 6.84. The number of benzene rings is 2. The van der Waals surface area contributed by atoms with E-state index >= 15 is 0 Å². The van der Waals surface area contributed by atoms with Gasteiger partial charge >= 0.3 is 0 Å². The van der Waals surface area contributed by atoms with Gasteiger partial charge < -0.3 is 10.5 Å². The van der Waals surface area contributed by atoms with Gasteiger partial charge in [-0.05, 0) is 54.8 Å². The van der Waals surface area contributed by atoms with Crippen molar-refractivity contribution in [2.24, 2.45) is 5.73 Å². The van der Waals surface area contributed by atoms with Gasteiger partial charge in [0.15, 0.2) is 0 Å². The van der Waals surface area contributed by atoms with Crippen LogP contribution in [0.1, 0.15) is 40.4 Å². The Morgan fingerprint density at radius 1 is 1.26 bits per heavy atom. The zero-order valence-corrected chi connectivity index (χ0v) is 13.4. The molecule has 1 fully saturated rings. The lowest BCUT2D eigenvalue weighted by Gasteiger charge is -2.25. The minimum atomic E-state index is -0.382. The van der Waals surface area contributed by atoms with Crippen LogP contribution in [0.4, 0.5) is 0 Å². The number of amides is 1. The summed E-state index contributed by atoms with van der Waals surface area (Å²) in [5, 5.41) is 0. The molecule has 1 aliphatic heterocycles. The van der Waals surface area contributed by atoms with Crippen molar-refractivity contribution in [2.75, 3.05) is 13.7 Å². The SMILES string of the molecule is COc1cccc([C@H]2CCCN2Cc2ccc(C(N)=O)cc2)c1. The highest BCUT2D eigenvalue weighted by atomic mass is 16.5. The van der Waals surface area contributed by atoms with Gasteiger partial charge in [0.1, 0.15) is 5.75 Å². The molecule has 0 aliphatic carbocycles. The quantitative estimate of drug-likeness (QED) is 0.923. The minimum Gasteiger partial charge on any atom is -0.497 e. The molecule has 2 aromatic carbocycles. The van der Waals surface area contributed by atoms with Crippen LogP contribution < -0.4 is 10.5 Å². The van der Waals surface area contributed by atoms with Gasteiger partial charge in [-0.1, -0.05) is 24.3 Å². The van der Waals surface area contributed by atoms with Crippen LogP contribution in [-0.4, -0.2) is 24.5 Å². The van der Waals surface area contributed by atoms with E-state index in [1.165, 1.54) is 17.5 Å². The molecule has 4 heteroatoms. The summed E-state index contributed by atoms with van der Waals surface area (Å²) in [6.45, 7) is 1.96. The van der Waals surface area contributed by atoms with Crippen molar-refractivity contribution in [3.63, 3.8) is 0 Å². The van der Waals surface area contributed by atoms with Gasteiger partial charge in [0.05, 0.1) is 7.11 Å². The van der Waals surface area contributed by atoms with E-state index in [1.54, 1.807) is 19.2 Å². The number of hydrogen-bond donors (Lipinski definition) is 1. The minimum absolute atomic E-state index is 0.382. The summed E-state index contributed by atoms with van der Waals surface area (Å²) in [5.74, 6) is 0.521. The number of nitrogens with zero attached hydrogens (tertiary/aromatic N) is 1. The largest absolute Gasteiger partial charge is 0.497 e. The molecule has 0 radical (unpaired) electrons. The summed E-state index contributed by atoms with van der Waals surface area (Å²) in [6, 6.07) is 16.3. The maximum Gasteiger partial charge on any atom is 0.248 e. The Bertz CT molecular complexity index is 682. The molecule has 0 saturated carbocycles. The summed E-state index contributed by atoms with van der Waals surface area (Å²) in [7, 11) is 1.70. The summed E-state index contributed by atoms with van der Waals surface area (Å²) >= 11 is 0. The van der Waals surface area contributed by atoms with E-state index in [-0.39, 0.29) is 5.91 Å². The van der Waals surface area contributed by atoms with Gasteiger partial charge in [-0.15, -0.1) is 0 Å². The zero-order chi connectivity index (χ0) is 16.2. The molecule has 1 saturated heterocycles. The third kappa shape index (κ3) is 3.54. The number of likely N-dealkylation sites (tertiary alicyclic amines) is 1. The molecule has 2 aromatic rings. The first-order chi connectivity index (χ1) is 11.2. The molecule has 1 amide bonds. The first-order valence-electron chi connectivity index (χ1n) is 7.94. The Labute approximate surface area is 136 Å². The standard InChI is InChI=1S/C19H22N2O2/c1-23-17-5-2-4-16(12-17)18-6-3-11-21(18)13-14-7-9-15(10-8-14)19(20)22/h2,4-5,7-10,12,18H,3,6,11,13H2,1H3,(H2,20,22)/t18-/m1/s1. The second-order valence-corrected chi connectivity index (χ2v) is 5.97. The second-order valence-electron chi connectivity index (χ2n) is 5.97. The van der Waals surface area contributed by atoms with Crippen molar-refractivity contribution < 1.29 is 9.53 Å². The van der Waals surface area contributed by atoms with E-state index in [0.717, 1.165) is 25.3 Å². The number of primary amides is 1.